The second kappa shape index (κ2) is 5.40. The maximum Gasteiger partial charge on any atom is 0.132 e. The van der Waals surface area contributed by atoms with Gasteiger partial charge in [-0.3, -0.25) is 0 Å². The van der Waals surface area contributed by atoms with E-state index < -0.39 is 0 Å². The molecule has 0 saturated carbocycles. The quantitative estimate of drug-likeness (QED) is 0.879. The fourth-order valence-corrected chi connectivity index (χ4v) is 2.12. The number of hydrogen-bond donors (Lipinski definition) is 1. The molecule has 0 radical (unpaired) electrons. The normalized spacial score (nSPS) is 12.9. The highest BCUT2D eigenvalue weighted by Crippen LogP contribution is 2.34. The molecule has 0 bridgehead atoms. The van der Waals surface area contributed by atoms with Gasteiger partial charge in [0.05, 0.1) is 6.10 Å². The van der Waals surface area contributed by atoms with E-state index in [1.165, 1.54) is 16.3 Å². The van der Waals surface area contributed by atoms with Gasteiger partial charge in [-0.1, -0.05) is 36.4 Å². The van der Waals surface area contributed by atoms with Crippen molar-refractivity contribution in [2.45, 2.75) is 32.9 Å². The summed E-state index contributed by atoms with van der Waals surface area (Å²) in [6.45, 7) is 6.28. The van der Waals surface area contributed by atoms with Crippen molar-refractivity contribution in [1.82, 2.24) is 5.32 Å². The molecule has 0 aliphatic carbocycles. The van der Waals surface area contributed by atoms with E-state index >= 15 is 0 Å². The molecule has 1 N–H and O–H groups in total. The summed E-state index contributed by atoms with van der Waals surface area (Å²) >= 11 is 0. The van der Waals surface area contributed by atoms with Crippen LogP contribution in [0.5, 0.6) is 5.75 Å². The second-order valence-corrected chi connectivity index (χ2v) is 4.88. The van der Waals surface area contributed by atoms with Crippen molar-refractivity contribution in [2.75, 3.05) is 7.05 Å². The third-order valence-electron chi connectivity index (χ3n) is 3.16. The van der Waals surface area contributed by atoms with Crippen LogP contribution >= 0.6 is 0 Å². The molecule has 18 heavy (non-hydrogen) atoms. The van der Waals surface area contributed by atoms with E-state index in [9.17, 15) is 0 Å². The molecule has 0 heterocycles. The molecule has 2 rings (SSSR count). The van der Waals surface area contributed by atoms with Gasteiger partial charge in [0.25, 0.3) is 0 Å². The smallest absolute Gasteiger partial charge is 0.132 e. The van der Waals surface area contributed by atoms with Crippen LogP contribution in [0, 0.1) is 0 Å². The average molecular weight is 243 g/mol. The van der Waals surface area contributed by atoms with Gasteiger partial charge in [0.2, 0.25) is 0 Å². The zero-order valence-electron chi connectivity index (χ0n) is 11.5. The molecule has 0 aliphatic rings. The number of rotatable bonds is 4. The molecule has 0 fully saturated rings. The third-order valence-corrected chi connectivity index (χ3v) is 3.16. The van der Waals surface area contributed by atoms with Gasteiger partial charge in [-0.25, -0.2) is 0 Å². The Morgan fingerprint density at radius 2 is 1.72 bits per heavy atom. The van der Waals surface area contributed by atoms with Crippen molar-refractivity contribution in [2.24, 2.45) is 0 Å². The van der Waals surface area contributed by atoms with E-state index in [0.717, 1.165) is 5.75 Å². The van der Waals surface area contributed by atoms with Crippen LogP contribution in [-0.2, 0) is 0 Å². The summed E-state index contributed by atoms with van der Waals surface area (Å²) in [5, 5.41) is 5.69. The van der Waals surface area contributed by atoms with Gasteiger partial charge in [0.1, 0.15) is 5.75 Å². The lowest BCUT2D eigenvalue weighted by molar-refractivity contribution is 0.241. The van der Waals surface area contributed by atoms with E-state index in [4.69, 9.17) is 4.74 Å². The van der Waals surface area contributed by atoms with Gasteiger partial charge in [-0.2, -0.15) is 0 Å². The summed E-state index contributed by atoms with van der Waals surface area (Å²) in [7, 11) is 1.97. The van der Waals surface area contributed by atoms with E-state index in [1.54, 1.807) is 0 Å². The zero-order valence-corrected chi connectivity index (χ0v) is 11.5. The zero-order chi connectivity index (χ0) is 13.1. The standard InChI is InChI=1S/C16H21NO/c1-11(2)18-16-14(12(3)17-4)10-9-13-7-5-6-8-15(13)16/h5-12,17H,1-4H3. The minimum atomic E-state index is 0.179. The summed E-state index contributed by atoms with van der Waals surface area (Å²) in [6, 6.07) is 13.0. The molecule has 2 aromatic rings. The number of fused-ring (bicyclic) bond motifs is 1. The Kier molecular flexibility index (Phi) is 3.87. The third kappa shape index (κ3) is 2.49. The molecule has 0 aliphatic heterocycles. The van der Waals surface area contributed by atoms with Gasteiger partial charge in [-0.05, 0) is 33.2 Å². The number of nitrogens with one attached hydrogen (secondary N) is 1. The lowest BCUT2D eigenvalue weighted by Crippen LogP contribution is -2.15. The van der Waals surface area contributed by atoms with Crippen LogP contribution in [0.25, 0.3) is 10.8 Å². The van der Waals surface area contributed by atoms with E-state index in [-0.39, 0.29) is 12.1 Å². The predicted molar refractivity (Wildman–Crippen MR) is 77.2 cm³/mol. The summed E-state index contributed by atoms with van der Waals surface area (Å²) in [5.74, 6) is 1.00. The molecular weight excluding hydrogens is 222 g/mol. The summed E-state index contributed by atoms with van der Waals surface area (Å²) in [6.07, 6.45) is 0.179. The van der Waals surface area contributed by atoms with E-state index in [2.05, 4.69) is 62.5 Å². The van der Waals surface area contributed by atoms with Gasteiger partial charge in [-0.15, -0.1) is 0 Å². The molecule has 2 nitrogen and oxygen atoms in total. The highest BCUT2D eigenvalue weighted by atomic mass is 16.5. The maximum absolute atomic E-state index is 6.04. The van der Waals surface area contributed by atoms with Crippen molar-refractivity contribution in [1.29, 1.82) is 0 Å². The topological polar surface area (TPSA) is 21.3 Å². The number of benzene rings is 2. The van der Waals surface area contributed by atoms with Gasteiger partial charge < -0.3 is 10.1 Å². The Bertz CT molecular complexity index is 534. The van der Waals surface area contributed by atoms with Crippen LogP contribution in [0.15, 0.2) is 36.4 Å². The van der Waals surface area contributed by atoms with Crippen LogP contribution in [0.2, 0.25) is 0 Å². The van der Waals surface area contributed by atoms with Crippen molar-refractivity contribution >= 4 is 10.8 Å². The SMILES string of the molecule is CNC(C)c1ccc2ccccc2c1OC(C)C. The van der Waals surface area contributed by atoms with Gasteiger partial charge in [0, 0.05) is 17.0 Å². The largest absolute Gasteiger partial charge is 0.490 e. The Morgan fingerprint density at radius 1 is 1.00 bits per heavy atom. The molecule has 96 valence electrons. The molecule has 0 spiro atoms. The molecule has 0 aromatic heterocycles. The monoisotopic (exact) mass is 243 g/mol. The van der Waals surface area contributed by atoms with Crippen LogP contribution in [-0.4, -0.2) is 13.2 Å². The fourth-order valence-electron chi connectivity index (χ4n) is 2.12. The highest BCUT2D eigenvalue weighted by molar-refractivity contribution is 5.89. The first kappa shape index (κ1) is 12.9. The average Bonchev–Trinajstić information content (AvgIpc) is 2.37. The first-order valence-electron chi connectivity index (χ1n) is 6.49. The van der Waals surface area contributed by atoms with Gasteiger partial charge >= 0.3 is 0 Å². The van der Waals surface area contributed by atoms with Crippen LogP contribution in [0.4, 0.5) is 0 Å². The Morgan fingerprint density at radius 3 is 2.39 bits per heavy atom. The Labute approximate surface area is 109 Å². The molecule has 1 atom stereocenters. The number of hydrogen-bond acceptors (Lipinski definition) is 2. The summed E-state index contributed by atoms with van der Waals surface area (Å²) in [5.41, 5.74) is 1.21. The molecule has 1 unspecified atom stereocenters. The Hall–Kier alpha value is -1.54. The van der Waals surface area contributed by atoms with Crippen molar-refractivity contribution in [3.63, 3.8) is 0 Å². The first-order chi connectivity index (χ1) is 8.63. The minimum Gasteiger partial charge on any atom is -0.490 e. The lowest BCUT2D eigenvalue weighted by Gasteiger charge is -2.20. The molecule has 0 saturated heterocycles. The van der Waals surface area contributed by atoms with Crippen molar-refractivity contribution in [3.8, 4) is 5.75 Å². The summed E-state index contributed by atoms with van der Waals surface area (Å²) in [4.78, 5) is 0. The first-order valence-corrected chi connectivity index (χ1v) is 6.49. The van der Waals surface area contributed by atoms with Gasteiger partial charge in [0.15, 0.2) is 0 Å². The van der Waals surface area contributed by atoms with Crippen LogP contribution in [0.3, 0.4) is 0 Å². The molecule has 0 amide bonds. The number of ether oxygens (including phenoxy) is 1. The van der Waals surface area contributed by atoms with E-state index in [1.807, 2.05) is 7.05 Å². The van der Waals surface area contributed by atoms with E-state index in [0.29, 0.717) is 0 Å². The minimum absolute atomic E-state index is 0.179. The lowest BCUT2D eigenvalue weighted by atomic mass is 10.0. The van der Waals surface area contributed by atoms with Crippen LogP contribution in [0.1, 0.15) is 32.4 Å². The second-order valence-electron chi connectivity index (χ2n) is 4.88. The summed E-state index contributed by atoms with van der Waals surface area (Å²) < 4.78 is 6.04. The maximum atomic E-state index is 6.04. The Balaban J connectivity index is 2.62. The van der Waals surface area contributed by atoms with Crippen molar-refractivity contribution < 1.29 is 4.74 Å². The molecular formula is C16H21NO. The fraction of sp³-hybridized carbons (Fsp3) is 0.375. The van der Waals surface area contributed by atoms with Crippen molar-refractivity contribution in [3.05, 3.63) is 42.0 Å². The predicted octanol–water partition coefficient (Wildman–Crippen LogP) is 3.91. The van der Waals surface area contributed by atoms with Crippen LogP contribution < -0.4 is 10.1 Å². The highest BCUT2D eigenvalue weighted by Gasteiger charge is 2.14. The molecule has 2 heteroatoms. The molecule has 2 aromatic carbocycles.